The Morgan fingerprint density at radius 1 is 1.53 bits per heavy atom. The van der Waals surface area contributed by atoms with Gasteiger partial charge in [-0.15, -0.1) is 0 Å². The van der Waals surface area contributed by atoms with Crippen molar-refractivity contribution < 1.29 is 9.13 Å². The SMILES string of the molecule is CC1(NCc2cccc(F)c2)CCOC1. The van der Waals surface area contributed by atoms with Crippen molar-refractivity contribution in [2.75, 3.05) is 13.2 Å². The molecule has 1 heterocycles. The molecule has 1 saturated heterocycles. The molecule has 2 nitrogen and oxygen atoms in total. The van der Waals surface area contributed by atoms with Gasteiger partial charge in [-0.1, -0.05) is 12.1 Å². The minimum absolute atomic E-state index is 0.0479. The van der Waals surface area contributed by atoms with E-state index in [4.69, 9.17) is 4.74 Å². The molecule has 0 spiro atoms. The van der Waals surface area contributed by atoms with Gasteiger partial charge in [0.05, 0.1) is 6.61 Å². The Morgan fingerprint density at radius 2 is 2.40 bits per heavy atom. The van der Waals surface area contributed by atoms with Crippen LogP contribution in [0.3, 0.4) is 0 Å². The molecule has 1 aliphatic heterocycles. The Kier molecular flexibility index (Phi) is 3.03. The summed E-state index contributed by atoms with van der Waals surface area (Å²) in [4.78, 5) is 0. The molecule has 1 unspecified atom stereocenters. The lowest BCUT2D eigenvalue weighted by Gasteiger charge is -2.23. The van der Waals surface area contributed by atoms with Crippen molar-refractivity contribution in [1.29, 1.82) is 0 Å². The first-order valence-corrected chi connectivity index (χ1v) is 5.25. The largest absolute Gasteiger partial charge is 0.379 e. The Labute approximate surface area is 89.4 Å². The maximum absolute atomic E-state index is 12.9. The summed E-state index contributed by atoms with van der Waals surface area (Å²) in [5, 5.41) is 3.41. The van der Waals surface area contributed by atoms with Crippen LogP contribution in [-0.2, 0) is 11.3 Å². The van der Waals surface area contributed by atoms with Crippen molar-refractivity contribution in [3.05, 3.63) is 35.6 Å². The zero-order chi connectivity index (χ0) is 10.7. The third kappa shape index (κ3) is 2.76. The topological polar surface area (TPSA) is 21.3 Å². The van der Waals surface area contributed by atoms with Gasteiger partial charge in [-0.05, 0) is 31.0 Å². The summed E-state index contributed by atoms with van der Waals surface area (Å²) in [6.07, 6.45) is 1.02. The summed E-state index contributed by atoms with van der Waals surface area (Å²) in [5.41, 5.74) is 1.02. The zero-order valence-corrected chi connectivity index (χ0v) is 8.92. The van der Waals surface area contributed by atoms with E-state index in [0.717, 1.165) is 25.2 Å². The number of benzene rings is 1. The molecule has 0 amide bonds. The molecule has 0 aliphatic carbocycles. The molecule has 1 aromatic carbocycles. The fraction of sp³-hybridized carbons (Fsp3) is 0.500. The fourth-order valence-electron chi connectivity index (χ4n) is 1.77. The first-order chi connectivity index (χ1) is 7.18. The summed E-state index contributed by atoms with van der Waals surface area (Å²) >= 11 is 0. The van der Waals surface area contributed by atoms with Gasteiger partial charge in [-0.3, -0.25) is 0 Å². The van der Waals surface area contributed by atoms with E-state index < -0.39 is 0 Å². The average molecular weight is 209 g/mol. The number of hydrogen-bond acceptors (Lipinski definition) is 2. The van der Waals surface area contributed by atoms with Gasteiger partial charge in [0.15, 0.2) is 0 Å². The average Bonchev–Trinajstić information content (AvgIpc) is 2.63. The second-order valence-electron chi connectivity index (χ2n) is 4.35. The number of nitrogens with one attached hydrogen (secondary N) is 1. The summed E-state index contributed by atoms with van der Waals surface area (Å²) < 4.78 is 18.2. The number of ether oxygens (including phenoxy) is 1. The standard InChI is InChI=1S/C12H16FNO/c1-12(5-6-15-9-12)14-8-10-3-2-4-11(13)7-10/h2-4,7,14H,5-6,8-9H2,1H3. The van der Waals surface area contributed by atoms with Gasteiger partial charge >= 0.3 is 0 Å². The summed E-state index contributed by atoms with van der Waals surface area (Å²) in [6, 6.07) is 6.69. The van der Waals surface area contributed by atoms with Gasteiger partial charge in [0.25, 0.3) is 0 Å². The van der Waals surface area contributed by atoms with E-state index in [2.05, 4.69) is 12.2 Å². The minimum Gasteiger partial charge on any atom is -0.379 e. The zero-order valence-electron chi connectivity index (χ0n) is 8.92. The molecule has 1 atom stereocenters. The van der Waals surface area contributed by atoms with Crippen molar-refractivity contribution in [3.8, 4) is 0 Å². The van der Waals surface area contributed by atoms with Gasteiger partial charge < -0.3 is 10.1 Å². The maximum atomic E-state index is 12.9. The lowest BCUT2D eigenvalue weighted by molar-refractivity contribution is 0.171. The van der Waals surface area contributed by atoms with Crippen molar-refractivity contribution in [2.24, 2.45) is 0 Å². The van der Waals surface area contributed by atoms with Gasteiger partial charge in [0, 0.05) is 18.7 Å². The minimum atomic E-state index is -0.179. The van der Waals surface area contributed by atoms with Crippen molar-refractivity contribution in [3.63, 3.8) is 0 Å². The Bertz CT molecular complexity index is 334. The van der Waals surface area contributed by atoms with E-state index >= 15 is 0 Å². The molecule has 0 saturated carbocycles. The van der Waals surface area contributed by atoms with Crippen LogP contribution < -0.4 is 5.32 Å². The van der Waals surface area contributed by atoms with Crippen LogP contribution in [0.1, 0.15) is 18.9 Å². The highest BCUT2D eigenvalue weighted by Crippen LogP contribution is 2.18. The van der Waals surface area contributed by atoms with Crippen LogP contribution in [0.2, 0.25) is 0 Å². The Hall–Kier alpha value is -0.930. The molecule has 2 rings (SSSR count). The summed E-state index contributed by atoms with van der Waals surface area (Å²) in [5.74, 6) is -0.179. The third-order valence-electron chi connectivity index (χ3n) is 2.83. The Morgan fingerprint density at radius 3 is 3.07 bits per heavy atom. The highest BCUT2D eigenvalue weighted by atomic mass is 19.1. The first-order valence-electron chi connectivity index (χ1n) is 5.25. The van der Waals surface area contributed by atoms with Crippen LogP contribution in [-0.4, -0.2) is 18.8 Å². The van der Waals surface area contributed by atoms with Gasteiger partial charge in [0.1, 0.15) is 5.82 Å². The number of rotatable bonds is 3. The molecule has 15 heavy (non-hydrogen) atoms. The van der Waals surface area contributed by atoms with Gasteiger partial charge in [-0.25, -0.2) is 4.39 Å². The van der Waals surface area contributed by atoms with Gasteiger partial charge in [0.2, 0.25) is 0 Å². The van der Waals surface area contributed by atoms with E-state index in [0.29, 0.717) is 6.54 Å². The molecule has 1 aromatic rings. The molecule has 1 aliphatic rings. The maximum Gasteiger partial charge on any atom is 0.123 e. The molecule has 0 bridgehead atoms. The van der Waals surface area contributed by atoms with Crippen LogP contribution in [0.15, 0.2) is 24.3 Å². The molecule has 0 radical (unpaired) electrons. The molecular weight excluding hydrogens is 193 g/mol. The highest BCUT2D eigenvalue weighted by Gasteiger charge is 2.28. The number of hydrogen-bond donors (Lipinski definition) is 1. The molecule has 82 valence electrons. The Balaban J connectivity index is 1.92. The highest BCUT2D eigenvalue weighted by molar-refractivity contribution is 5.16. The molecule has 1 fully saturated rings. The van der Waals surface area contributed by atoms with Crippen molar-refractivity contribution in [1.82, 2.24) is 5.32 Å². The van der Waals surface area contributed by atoms with Crippen LogP contribution >= 0.6 is 0 Å². The lowest BCUT2D eigenvalue weighted by atomic mass is 10.0. The van der Waals surface area contributed by atoms with Crippen molar-refractivity contribution in [2.45, 2.75) is 25.4 Å². The van der Waals surface area contributed by atoms with E-state index in [9.17, 15) is 4.39 Å². The van der Waals surface area contributed by atoms with E-state index in [1.54, 1.807) is 12.1 Å². The van der Waals surface area contributed by atoms with E-state index in [1.807, 2.05) is 6.07 Å². The fourth-order valence-corrected chi connectivity index (χ4v) is 1.77. The smallest absolute Gasteiger partial charge is 0.123 e. The quantitative estimate of drug-likeness (QED) is 0.823. The predicted octanol–water partition coefficient (Wildman–Crippen LogP) is 2.09. The summed E-state index contributed by atoms with van der Waals surface area (Å²) in [6.45, 7) is 4.38. The lowest BCUT2D eigenvalue weighted by Crippen LogP contribution is -2.42. The summed E-state index contributed by atoms with van der Waals surface area (Å²) in [7, 11) is 0. The molecular formula is C12H16FNO. The predicted molar refractivity (Wildman–Crippen MR) is 57.1 cm³/mol. The molecule has 0 aromatic heterocycles. The van der Waals surface area contributed by atoms with Crippen LogP contribution in [0, 0.1) is 5.82 Å². The van der Waals surface area contributed by atoms with E-state index in [-0.39, 0.29) is 11.4 Å². The van der Waals surface area contributed by atoms with Crippen LogP contribution in [0.4, 0.5) is 4.39 Å². The van der Waals surface area contributed by atoms with E-state index in [1.165, 1.54) is 6.07 Å². The second kappa shape index (κ2) is 4.29. The van der Waals surface area contributed by atoms with Gasteiger partial charge in [-0.2, -0.15) is 0 Å². The second-order valence-corrected chi connectivity index (χ2v) is 4.35. The van der Waals surface area contributed by atoms with Crippen molar-refractivity contribution >= 4 is 0 Å². The molecule has 1 N–H and O–H groups in total. The number of halogens is 1. The first kappa shape index (κ1) is 10.6. The molecule has 3 heteroatoms. The monoisotopic (exact) mass is 209 g/mol. The third-order valence-corrected chi connectivity index (χ3v) is 2.83. The normalized spacial score (nSPS) is 25.7. The van der Waals surface area contributed by atoms with Crippen LogP contribution in [0.25, 0.3) is 0 Å². The van der Waals surface area contributed by atoms with Crippen LogP contribution in [0.5, 0.6) is 0 Å².